The summed E-state index contributed by atoms with van der Waals surface area (Å²) in [5.41, 5.74) is 4.92. The van der Waals surface area contributed by atoms with Crippen LogP contribution in [0.2, 0.25) is 0 Å². The Morgan fingerprint density at radius 1 is 0.818 bits per heavy atom. The van der Waals surface area contributed by atoms with Crippen LogP contribution in [0.4, 0.5) is 11.4 Å². The predicted octanol–water partition coefficient (Wildman–Crippen LogP) is 4.36. The van der Waals surface area contributed by atoms with Crippen molar-refractivity contribution in [3.63, 3.8) is 0 Å². The summed E-state index contributed by atoms with van der Waals surface area (Å²) in [6.45, 7) is 2.55. The van der Waals surface area contributed by atoms with Crippen molar-refractivity contribution in [2.45, 2.75) is 13.3 Å². The number of hydrogen-bond donors (Lipinski definition) is 0. The molecule has 0 N–H and O–H groups in total. The number of aryl methyl sites for hydroxylation is 1. The van der Waals surface area contributed by atoms with E-state index in [9.17, 15) is 9.59 Å². The molecule has 0 unspecified atom stereocenters. The molecule has 166 valence electrons. The standard InChI is InChI=1S/C27H24N2O4/c1-17-8-13-23(33-3)22(16-17)29-26(30)24(19-9-11-20(32-2)12-10-19)25(27(29)31)28-15-14-18-6-4-5-7-21(18)28/h4-13,16H,14-15H2,1-3H3. The molecule has 0 aromatic heterocycles. The number of methoxy groups -OCH3 is 2. The van der Waals surface area contributed by atoms with Gasteiger partial charge in [-0.25, -0.2) is 4.90 Å². The largest absolute Gasteiger partial charge is 0.497 e. The van der Waals surface area contributed by atoms with Crippen LogP contribution < -0.4 is 19.3 Å². The van der Waals surface area contributed by atoms with Crippen LogP contribution in [0, 0.1) is 6.92 Å². The highest BCUT2D eigenvalue weighted by Crippen LogP contribution is 2.42. The normalized spacial score (nSPS) is 15.4. The summed E-state index contributed by atoms with van der Waals surface area (Å²) in [4.78, 5) is 31.0. The van der Waals surface area contributed by atoms with Gasteiger partial charge in [0.2, 0.25) is 0 Å². The first kappa shape index (κ1) is 20.8. The monoisotopic (exact) mass is 440 g/mol. The Morgan fingerprint density at radius 3 is 2.30 bits per heavy atom. The molecule has 0 bridgehead atoms. The van der Waals surface area contributed by atoms with Crippen molar-refractivity contribution in [1.29, 1.82) is 0 Å². The lowest BCUT2D eigenvalue weighted by molar-refractivity contribution is -0.120. The van der Waals surface area contributed by atoms with Crippen LogP contribution in [0.15, 0.2) is 72.4 Å². The number of carbonyl (C=O) groups is 2. The molecule has 0 spiro atoms. The summed E-state index contributed by atoms with van der Waals surface area (Å²) in [5, 5.41) is 0. The fraction of sp³-hybridized carbons (Fsp3) is 0.185. The number of amides is 2. The van der Waals surface area contributed by atoms with Crippen molar-refractivity contribution in [2.24, 2.45) is 0 Å². The zero-order chi connectivity index (χ0) is 23.1. The van der Waals surface area contributed by atoms with Crippen molar-refractivity contribution >= 4 is 28.8 Å². The van der Waals surface area contributed by atoms with E-state index in [1.54, 1.807) is 31.4 Å². The quantitative estimate of drug-likeness (QED) is 0.552. The van der Waals surface area contributed by atoms with Crippen molar-refractivity contribution in [1.82, 2.24) is 0 Å². The fourth-order valence-corrected chi connectivity index (χ4v) is 4.55. The third-order valence-electron chi connectivity index (χ3n) is 6.17. The first-order valence-corrected chi connectivity index (χ1v) is 10.8. The van der Waals surface area contributed by atoms with Gasteiger partial charge in [-0.05, 0) is 60.4 Å². The van der Waals surface area contributed by atoms with Crippen LogP contribution in [0.25, 0.3) is 5.57 Å². The summed E-state index contributed by atoms with van der Waals surface area (Å²) in [7, 11) is 3.13. The maximum Gasteiger partial charge on any atom is 0.282 e. The van der Waals surface area contributed by atoms with E-state index in [0.29, 0.717) is 40.6 Å². The molecule has 2 aliphatic rings. The van der Waals surface area contributed by atoms with Crippen LogP contribution in [0.1, 0.15) is 16.7 Å². The molecular weight excluding hydrogens is 416 g/mol. The van der Waals surface area contributed by atoms with Crippen LogP contribution in [0.3, 0.4) is 0 Å². The van der Waals surface area contributed by atoms with Gasteiger partial charge in [-0.15, -0.1) is 0 Å². The van der Waals surface area contributed by atoms with Crippen molar-refractivity contribution in [3.8, 4) is 11.5 Å². The van der Waals surface area contributed by atoms with E-state index in [1.807, 2.05) is 48.2 Å². The molecule has 0 radical (unpaired) electrons. The molecule has 2 amide bonds. The van der Waals surface area contributed by atoms with E-state index < -0.39 is 0 Å². The predicted molar refractivity (Wildman–Crippen MR) is 128 cm³/mol. The van der Waals surface area contributed by atoms with Crippen molar-refractivity contribution < 1.29 is 19.1 Å². The van der Waals surface area contributed by atoms with Gasteiger partial charge < -0.3 is 14.4 Å². The number of rotatable bonds is 5. The third-order valence-corrected chi connectivity index (χ3v) is 6.17. The van der Waals surface area contributed by atoms with Crippen LogP contribution in [0.5, 0.6) is 11.5 Å². The number of anilines is 2. The maximum absolute atomic E-state index is 13.9. The summed E-state index contributed by atoms with van der Waals surface area (Å²) in [6.07, 6.45) is 0.810. The molecule has 5 rings (SSSR count). The third kappa shape index (κ3) is 3.35. The highest BCUT2D eigenvalue weighted by molar-refractivity contribution is 6.46. The van der Waals surface area contributed by atoms with Gasteiger partial charge in [-0.3, -0.25) is 9.59 Å². The van der Waals surface area contributed by atoms with Gasteiger partial charge >= 0.3 is 0 Å². The Labute approximate surface area is 192 Å². The van der Waals surface area contributed by atoms with Gasteiger partial charge in [-0.1, -0.05) is 36.4 Å². The topological polar surface area (TPSA) is 59.1 Å². The lowest BCUT2D eigenvalue weighted by atomic mass is 10.0. The molecule has 2 heterocycles. The molecule has 6 heteroatoms. The fourth-order valence-electron chi connectivity index (χ4n) is 4.55. The average Bonchev–Trinajstić information content (AvgIpc) is 3.37. The van der Waals surface area contributed by atoms with Gasteiger partial charge in [0, 0.05) is 12.2 Å². The second-order valence-corrected chi connectivity index (χ2v) is 8.10. The Morgan fingerprint density at radius 2 is 1.58 bits per heavy atom. The van der Waals surface area contributed by atoms with E-state index in [2.05, 4.69) is 6.07 Å². The first-order valence-electron chi connectivity index (χ1n) is 10.8. The number of carbonyl (C=O) groups excluding carboxylic acids is 2. The van der Waals surface area contributed by atoms with Crippen LogP contribution in [-0.2, 0) is 16.0 Å². The Bertz CT molecular complexity index is 1290. The van der Waals surface area contributed by atoms with E-state index in [4.69, 9.17) is 9.47 Å². The minimum atomic E-state index is -0.367. The highest BCUT2D eigenvalue weighted by Gasteiger charge is 2.45. The van der Waals surface area contributed by atoms with Gasteiger partial charge in [0.1, 0.15) is 17.2 Å². The minimum Gasteiger partial charge on any atom is -0.497 e. The van der Waals surface area contributed by atoms with Gasteiger partial charge in [0.05, 0.1) is 25.5 Å². The molecule has 0 saturated carbocycles. The average molecular weight is 440 g/mol. The smallest absolute Gasteiger partial charge is 0.282 e. The second-order valence-electron chi connectivity index (χ2n) is 8.10. The molecule has 3 aromatic rings. The summed E-state index contributed by atoms with van der Waals surface area (Å²) in [5.74, 6) is 0.431. The van der Waals surface area contributed by atoms with Crippen molar-refractivity contribution in [3.05, 3.63) is 89.1 Å². The number of fused-ring (bicyclic) bond motifs is 1. The maximum atomic E-state index is 13.9. The summed E-state index contributed by atoms with van der Waals surface area (Å²) >= 11 is 0. The Balaban J connectivity index is 1.69. The summed E-state index contributed by atoms with van der Waals surface area (Å²) < 4.78 is 10.8. The molecule has 2 aliphatic heterocycles. The van der Waals surface area contributed by atoms with Gasteiger partial charge in [-0.2, -0.15) is 0 Å². The lowest BCUT2D eigenvalue weighted by Crippen LogP contribution is -2.35. The number of nitrogens with zero attached hydrogens (tertiary/aromatic N) is 2. The SMILES string of the molecule is COc1ccc(C2=C(N3CCc4ccccc43)C(=O)N(c3cc(C)ccc3OC)C2=O)cc1. The zero-order valence-corrected chi connectivity index (χ0v) is 18.8. The van der Waals surface area contributed by atoms with Crippen molar-refractivity contribution in [2.75, 3.05) is 30.6 Å². The van der Waals surface area contributed by atoms with E-state index in [0.717, 1.165) is 23.2 Å². The van der Waals surface area contributed by atoms with E-state index in [-0.39, 0.29) is 11.8 Å². The minimum absolute atomic E-state index is 0.355. The molecule has 6 nitrogen and oxygen atoms in total. The molecule has 0 fully saturated rings. The van der Waals surface area contributed by atoms with Crippen LogP contribution in [-0.4, -0.2) is 32.6 Å². The molecular formula is C27H24N2O4. The second kappa shape index (κ2) is 8.13. The number of benzene rings is 3. The number of para-hydroxylation sites is 1. The number of imide groups is 1. The lowest BCUT2D eigenvalue weighted by Gasteiger charge is -2.22. The Hall–Kier alpha value is -4.06. The number of ether oxygens (including phenoxy) is 2. The highest BCUT2D eigenvalue weighted by atomic mass is 16.5. The van der Waals surface area contributed by atoms with Crippen LogP contribution >= 0.6 is 0 Å². The molecule has 3 aromatic carbocycles. The van der Waals surface area contributed by atoms with E-state index >= 15 is 0 Å². The molecule has 0 aliphatic carbocycles. The zero-order valence-electron chi connectivity index (χ0n) is 18.8. The van der Waals surface area contributed by atoms with Gasteiger partial charge in [0.25, 0.3) is 11.8 Å². The number of hydrogen-bond acceptors (Lipinski definition) is 5. The molecule has 0 saturated heterocycles. The summed E-state index contributed by atoms with van der Waals surface area (Å²) in [6, 6.07) is 20.7. The van der Waals surface area contributed by atoms with Gasteiger partial charge in [0.15, 0.2) is 0 Å². The first-order chi connectivity index (χ1) is 16.0. The molecule has 0 atom stereocenters. The molecule has 33 heavy (non-hydrogen) atoms. The Kier molecular flexibility index (Phi) is 5.13. The van der Waals surface area contributed by atoms with E-state index in [1.165, 1.54) is 12.0 Å².